The van der Waals surface area contributed by atoms with Gasteiger partial charge in [-0.15, -0.1) is 0 Å². The molecule has 15 heteroatoms. The van der Waals surface area contributed by atoms with E-state index in [0.717, 1.165) is 0 Å². The van der Waals surface area contributed by atoms with Gasteiger partial charge in [0.2, 0.25) is 35.4 Å². The summed E-state index contributed by atoms with van der Waals surface area (Å²) in [6, 6.07) is -5.09. The molecule has 4 atom stereocenters. The standard InChI is InChI=1S/C19H31N7O8/c20-9(3-5-13(21)27)18(32)26-7-1-2-12(26)17(31)25-11(8-15(23)29)16(30)24-10(19(33)34)4-6-14(22)28/h9-12H,1-8,20H2,(H2,21,27)(H2,22,28)(H2,23,29)(H,24,30)(H,25,31)(H,33,34). The van der Waals surface area contributed by atoms with Crippen LogP contribution in [0.1, 0.15) is 44.9 Å². The number of carboxylic acid groups (broad SMARTS) is 1. The Bertz CT molecular complexity index is 833. The molecule has 11 N–H and O–H groups in total. The molecule has 1 rings (SSSR count). The van der Waals surface area contributed by atoms with Crippen molar-refractivity contribution in [1.29, 1.82) is 0 Å². The van der Waals surface area contributed by atoms with Crippen molar-refractivity contribution in [2.75, 3.05) is 6.54 Å². The molecular weight excluding hydrogens is 454 g/mol. The number of likely N-dealkylation sites (tertiary alicyclic amines) is 1. The van der Waals surface area contributed by atoms with Gasteiger partial charge in [0.15, 0.2) is 0 Å². The lowest BCUT2D eigenvalue weighted by Crippen LogP contribution is -2.57. The number of amides is 6. The van der Waals surface area contributed by atoms with Gasteiger partial charge in [-0.2, -0.15) is 0 Å². The van der Waals surface area contributed by atoms with Crippen LogP contribution in [0.25, 0.3) is 0 Å². The van der Waals surface area contributed by atoms with Crippen LogP contribution in [0.4, 0.5) is 0 Å². The lowest BCUT2D eigenvalue weighted by atomic mass is 10.1. The Hall–Kier alpha value is -3.75. The zero-order valence-electron chi connectivity index (χ0n) is 18.5. The molecule has 6 amide bonds. The summed E-state index contributed by atoms with van der Waals surface area (Å²) in [7, 11) is 0. The number of nitrogens with one attached hydrogen (secondary N) is 2. The van der Waals surface area contributed by atoms with E-state index < -0.39 is 72.0 Å². The first-order chi connectivity index (χ1) is 15.8. The molecule has 190 valence electrons. The zero-order chi connectivity index (χ0) is 26.0. The van der Waals surface area contributed by atoms with Crippen molar-refractivity contribution < 1.29 is 38.7 Å². The lowest BCUT2D eigenvalue weighted by Gasteiger charge is -2.28. The molecule has 0 bridgehead atoms. The number of primary amides is 3. The predicted octanol–water partition coefficient (Wildman–Crippen LogP) is -4.23. The van der Waals surface area contributed by atoms with Crippen molar-refractivity contribution in [3.63, 3.8) is 0 Å². The molecule has 1 heterocycles. The summed E-state index contributed by atoms with van der Waals surface area (Å²) in [6.45, 7) is 0.210. The van der Waals surface area contributed by atoms with Crippen LogP contribution in [0.3, 0.4) is 0 Å². The van der Waals surface area contributed by atoms with Crippen LogP contribution in [0.15, 0.2) is 0 Å². The number of aliphatic carboxylic acids is 1. The number of carboxylic acids is 1. The topological polar surface area (TPSA) is 271 Å². The maximum absolute atomic E-state index is 12.9. The van der Waals surface area contributed by atoms with Gasteiger partial charge < -0.3 is 43.6 Å². The highest BCUT2D eigenvalue weighted by Crippen LogP contribution is 2.19. The molecule has 1 fully saturated rings. The Labute approximate surface area is 194 Å². The van der Waals surface area contributed by atoms with Gasteiger partial charge in [-0.3, -0.25) is 28.8 Å². The number of nitrogens with two attached hydrogens (primary N) is 4. The van der Waals surface area contributed by atoms with Crippen LogP contribution in [0, 0.1) is 0 Å². The third-order valence-corrected chi connectivity index (χ3v) is 5.19. The number of hydrogen-bond acceptors (Lipinski definition) is 8. The molecule has 0 aromatic carbocycles. The number of hydrogen-bond donors (Lipinski definition) is 7. The molecule has 0 aliphatic carbocycles. The van der Waals surface area contributed by atoms with Crippen molar-refractivity contribution in [3.05, 3.63) is 0 Å². The van der Waals surface area contributed by atoms with E-state index in [-0.39, 0.29) is 38.6 Å². The van der Waals surface area contributed by atoms with Crippen LogP contribution in [0.5, 0.6) is 0 Å². The first kappa shape index (κ1) is 28.3. The van der Waals surface area contributed by atoms with Gasteiger partial charge in [-0.25, -0.2) is 4.79 Å². The van der Waals surface area contributed by atoms with E-state index in [4.69, 9.17) is 22.9 Å². The van der Waals surface area contributed by atoms with Crippen molar-refractivity contribution in [1.82, 2.24) is 15.5 Å². The molecule has 0 aromatic heterocycles. The van der Waals surface area contributed by atoms with E-state index in [0.29, 0.717) is 6.42 Å². The Morgan fingerprint density at radius 3 is 2.00 bits per heavy atom. The van der Waals surface area contributed by atoms with Crippen LogP contribution >= 0.6 is 0 Å². The van der Waals surface area contributed by atoms with Gasteiger partial charge in [-0.05, 0) is 25.7 Å². The largest absolute Gasteiger partial charge is 0.480 e. The van der Waals surface area contributed by atoms with E-state index in [9.17, 15) is 38.7 Å². The molecule has 1 saturated heterocycles. The Morgan fingerprint density at radius 1 is 0.882 bits per heavy atom. The second-order valence-electron chi connectivity index (χ2n) is 7.94. The summed E-state index contributed by atoms with van der Waals surface area (Å²) in [5.74, 6) is -6.16. The molecule has 4 unspecified atom stereocenters. The van der Waals surface area contributed by atoms with E-state index in [1.807, 2.05) is 0 Å². The molecule has 0 spiro atoms. The van der Waals surface area contributed by atoms with Crippen molar-refractivity contribution >= 4 is 41.4 Å². The molecule has 1 aliphatic rings. The van der Waals surface area contributed by atoms with Gasteiger partial charge in [0.05, 0.1) is 12.5 Å². The monoisotopic (exact) mass is 485 g/mol. The smallest absolute Gasteiger partial charge is 0.326 e. The fourth-order valence-corrected chi connectivity index (χ4v) is 3.43. The van der Waals surface area contributed by atoms with Gasteiger partial charge in [0.1, 0.15) is 18.1 Å². The van der Waals surface area contributed by atoms with Gasteiger partial charge in [-0.1, -0.05) is 0 Å². The number of carbonyl (C=O) groups is 7. The molecule has 0 aromatic rings. The third kappa shape index (κ3) is 9.01. The number of rotatable bonds is 14. The van der Waals surface area contributed by atoms with E-state index in [1.54, 1.807) is 0 Å². The minimum atomic E-state index is -1.53. The maximum Gasteiger partial charge on any atom is 0.326 e. The molecule has 0 radical (unpaired) electrons. The summed E-state index contributed by atoms with van der Waals surface area (Å²) in [4.78, 5) is 84.0. The highest BCUT2D eigenvalue weighted by atomic mass is 16.4. The van der Waals surface area contributed by atoms with Crippen molar-refractivity contribution in [2.45, 2.75) is 69.1 Å². The molecular formula is C19H31N7O8. The summed E-state index contributed by atoms with van der Waals surface area (Å²) < 4.78 is 0. The van der Waals surface area contributed by atoms with Crippen molar-refractivity contribution in [2.24, 2.45) is 22.9 Å². The second kappa shape index (κ2) is 13.1. The zero-order valence-corrected chi connectivity index (χ0v) is 18.5. The minimum Gasteiger partial charge on any atom is -0.480 e. The molecule has 34 heavy (non-hydrogen) atoms. The molecule has 15 nitrogen and oxygen atoms in total. The fraction of sp³-hybridized carbons (Fsp3) is 0.632. The van der Waals surface area contributed by atoms with Gasteiger partial charge in [0, 0.05) is 19.4 Å². The Kier molecular flexibility index (Phi) is 10.9. The van der Waals surface area contributed by atoms with E-state index in [1.165, 1.54) is 4.90 Å². The summed E-state index contributed by atoms with van der Waals surface area (Å²) >= 11 is 0. The van der Waals surface area contributed by atoms with Crippen LogP contribution < -0.4 is 33.6 Å². The highest BCUT2D eigenvalue weighted by Gasteiger charge is 2.38. The average Bonchev–Trinajstić information content (AvgIpc) is 3.22. The van der Waals surface area contributed by atoms with Crippen LogP contribution in [0.2, 0.25) is 0 Å². The van der Waals surface area contributed by atoms with Crippen LogP contribution in [-0.4, -0.2) is 82.1 Å². The highest BCUT2D eigenvalue weighted by molar-refractivity contribution is 5.96. The van der Waals surface area contributed by atoms with Crippen LogP contribution in [-0.2, 0) is 33.6 Å². The van der Waals surface area contributed by atoms with E-state index >= 15 is 0 Å². The molecule has 0 saturated carbocycles. The van der Waals surface area contributed by atoms with Gasteiger partial charge >= 0.3 is 5.97 Å². The van der Waals surface area contributed by atoms with E-state index in [2.05, 4.69) is 10.6 Å². The Balaban J connectivity index is 2.90. The number of nitrogens with zero attached hydrogens (tertiary/aromatic N) is 1. The fourth-order valence-electron chi connectivity index (χ4n) is 3.43. The normalized spacial score (nSPS) is 17.8. The third-order valence-electron chi connectivity index (χ3n) is 5.19. The number of carbonyl (C=O) groups excluding carboxylic acids is 6. The second-order valence-corrected chi connectivity index (χ2v) is 7.94. The quantitative estimate of drug-likeness (QED) is 0.125. The lowest BCUT2D eigenvalue weighted by molar-refractivity contribution is -0.143. The minimum absolute atomic E-state index is 0.00636. The SMILES string of the molecule is NC(=O)CCC(N)C(=O)N1CCCC1C(=O)NC(CC(N)=O)C(=O)NC(CCC(N)=O)C(=O)O. The summed E-state index contributed by atoms with van der Waals surface area (Å²) in [5.41, 5.74) is 21.0. The Morgan fingerprint density at radius 2 is 1.47 bits per heavy atom. The summed E-state index contributed by atoms with van der Waals surface area (Å²) in [5, 5.41) is 13.7. The average molecular weight is 485 g/mol. The predicted molar refractivity (Wildman–Crippen MR) is 115 cm³/mol. The molecule has 1 aliphatic heterocycles. The van der Waals surface area contributed by atoms with Gasteiger partial charge in [0.25, 0.3) is 0 Å². The summed E-state index contributed by atoms with van der Waals surface area (Å²) in [6.07, 6.45) is -0.666. The van der Waals surface area contributed by atoms with Crippen molar-refractivity contribution in [3.8, 4) is 0 Å². The maximum atomic E-state index is 12.9. The first-order valence-electron chi connectivity index (χ1n) is 10.6. The first-order valence-corrected chi connectivity index (χ1v) is 10.6.